The molecule has 8 nitrogen and oxygen atoms in total. The average Bonchev–Trinajstić information content (AvgIpc) is 2.78. The minimum atomic E-state index is -3.81. The lowest BCUT2D eigenvalue weighted by atomic mass is 10.1. The van der Waals surface area contributed by atoms with Gasteiger partial charge in [-0.15, -0.1) is 0 Å². The summed E-state index contributed by atoms with van der Waals surface area (Å²) >= 11 is 0. The zero-order valence-electron chi connectivity index (χ0n) is 19.8. The number of nitrogens with one attached hydrogen (secondary N) is 1. The number of amides is 2. The molecule has 0 aliphatic rings. The van der Waals surface area contributed by atoms with E-state index in [1.54, 1.807) is 31.2 Å². The molecule has 0 aliphatic heterocycles. The standard InChI is InChI=1S/C24H33N3O5S/c1-18(2)15-25-24(29)19(3)26(16-20-11-7-6-8-12-20)23(28)17-27(33(5,30)31)21-13-9-10-14-22(21)32-4/h6-14,18-19H,15-17H2,1-5H3,(H,25,29)/t19-/m1/s1. The van der Waals surface area contributed by atoms with Gasteiger partial charge in [-0.05, 0) is 30.5 Å². The summed E-state index contributed by atoms with van der Waals surface area (Å²) in [4.78, 5) is 27.6. The smallest absolute Gasteiger partial charge is 0.244 e. The number of methoxy groups -OCH3 is 1. The van der Waals surface area contributed by atoms with Gasteiger partial charge in [0.25, 0.3) is 0 Å². The topological polar surface area (TPSA) is 96.0 Å². The maximum absolute atomic E-state index is 13.5. The third kappa shape index (κ3) is 7.49. The predicted octanol–water partition coefficient (Wildman–Crippen LogP) is 2.65. The van der Waals surface area contributed by atoms with Gasteiger partial charge in [-0.2, -0.15) is 0 Å². The van der Waals surface area contributed by atoms with E-state index in [2.05, 4.69) is 5.32 Å². The Morgan fingerprint density at radius 2 is 1.61 bits per heavy atom. The van der Waals surface area contributed by atoms with Crippen LogP contribution in [0.2, 0.25) is 0 Å². The van der Waals surface area contributed by atoms with Crippen LogP contribution in [0.25, 0.3) is 0 Å². The molecule has 0 bridgehead atoms. The molecule has 1 N–H and O–H groups in total. The number of rotatable bonds is 11. The van der Waals surface area contributed by atoms with Crippen molar-refractivity contribution in [2.45, 2.75) is 33.4 Å². The van der Waals surface area contributed by atoms with E-state index in [1.165, 1.54) is 12.0 Å². The first kappa shape index (κ1) is 26.2. The van der Waals surface area contributed by atoms with E-state index in [-0.39, 0.29) is 24.1 Å². The van der Waals surface area contributed by atoms with Gasteiger partial charge < -0.3 is 15.0 Å². The van der Waals surface area contributed by atoms with E-state index in [0.29, 0.717) is 12.3 Å². The third-order valence-corrected chi connectivity index (χ3v) is 6.21. The Morgan fingerprint density at radius 1 is 1.00 bits per heavy atom. The second kappa shape index (κ2) is 11.7. The van der Waals surface area contributed by atoms with Crippen molar-refractivity contribution in [3.8, 4) is 5.75 Å². The number of ether oxygens (including phenoxy) is 1. The van der Waals surface area contributed by atoms with Gasteiger partial charge in [-0.3, -0.25) is 13.9 Å². The normalized spacial score (nSPS) is 12.2. The van der Waals surface area contributed by atoms with Crippen molar-refractivity contribution < 1.29 is 22.7 Å². The lowest BCUT2D eigenvalue weighted by Crippen LogP contribution is -2.51. The first-order valence-corrected chi connectivity index (χ1v) is 12.6. The summed E-state index contributed by atoms with van der Waals surface area (Å²) in [6.45, 7) is 5.79. The van der Waals surface area contributed by atoms with Gasteiger partial charge in [0.15, 0.2) is 0 Å². The number of benzene rings is 2. The Hall–Kier alpha value is -3.07. The van der Waals surface area contributed by atoms with E-state index in [1.807, 2.05) is 44.2 Å². The average molecular weight is 476 g/mol. The van der Waals surface area contributed by atoms with E-state index in [4.69, 9.17) is 4.74 Å². The minimum Gasteiger partial charge on any atom is -0.495 e. The molecule has 0 radical (unpaired) electrons. The minimum absolute atomic E-state index is 0.166. The van der Waals surface area contributed by atoms with E-state index in [0.717, 1.165) is 16.1 Å². The van der Waals surface area contributed by atoms with Gasteiger partial charge in [0.05, 0.1) is 19.1 Å². The summed E-state index contributed by atoms with van der Waals surface area (Å²) in [6, 6.07) is 15.1. The van der Waals surface area contributed by atoms with Crippen molar-refractivity contribution in [2.24, 2.45) is 5.92 Å². The molecule has 33 heavy (non-hydrogen) atoms. The molecule has 180 valence electrons. The lowest BCUT2D eigenvalue weighted by molar-refractivity contribution is -0.139. The van der Waals surface area contributed by atoms with Gasteiger partial charge in [0.2, 0.25) is 21.8 Å². The van der Waals surface area contributed by atoms with Crippen LogP contribution in [-0.2, 0) is 26.2 Å². The molecule has 0 saturated heterocycles. The number of carbonyl (C=O) groups is 2. The molecular weight excluding hydrogens is 442 g/mol. The van der Waals surface area contributed by atoms with Crippen LogP contribution in [0.4, 0.5) is 5.69 Å². The zero-order valence-corrected chi connectivity index (χ0v) is 20.6. The van der Waals surface area contributed by atoms with Gasteiger partial charge in [-0.25, -0.2) is 8.42 Å². The summed E-state index contributed by atoms with van der Waals surface area (Å²) < 4.78 is 31.5. The monoisotopic (exact) mass is 475 g/mol. The maximum atomic E-state index is 13.5. The molecule has 0 unspecified atom stereocenters. The SMILES string of the molecule is COc1ccccc1N(CC(=O)N(Cc1ccccc1)[C@H](C)C(=O)NCC(C)C)S(C)(=O)=O. The summed E-state index contributed by atoms with van der Waals surface area (Å²) in [7, 11) is -2.38. The molecule has 2 aromatic rings. The van der Waals surface area contributed by atoms with Crippen LogP contribution in [0.1, 0.15) is 26.3 Å². The van der Waals surface area contributed by atoms with Crippen molar-refractivity contribution in [1.29, 1.82) is 0 Å². The van der Waals surface area contributed by atoms with Crippen molar-refractivity contribution in [3.05, 3.63) is 60.2 Å². The molecule has 0 saturated carbocycles. The molecule has 2 amide bonds. The molecule has 1 atom stereocenters. The fourth-order valence-electron chi connectivity index (χ4n) is 3.25. The highest BCUT2D eigenvalue weighted by molar-refractivity contribution is 7.92. The van der Waals surface area contributed by atoms with Crippen molar-refractivity contribution in [3.63, 3.8) is 0 Å². The Morgan fingerprint density at radius 3 is 2.18 bits per heavy atom. The Kier molecular flexibility index (Phi) is 9.28. The number of para-hydroxylation sites is 2. The first-order valence-electron chi connectivity index (χ1n) is 10.8. The largest absolute Gasteiger partial charge is 0.495 e. The third-order valence-electron chi connectivity index (χ3n) is 5.08. The van der Waals surface area contributed by atoms with Crippen LogP contribution in [0.5, 0.6) is 5.75 Å². The highest BCUT2D eigenvalue weighted by Crippen LogP contribution is 2.29. The summed E-state index contributed by atoms with van der Waals surface area (Å²) in [5, 5.41) is 2.85. The molecule has 0 spiro atoms. The van der Waals surface area contributed by atoms with Crippen LogP contribution < -0.4 is 14.4 Å². The van der Waals surface area contributed by atoms with Crippen LogP contribution in [0.15, 0.2) is 54.6 Å². The predicted molar refractivity (Wildman–Crippen MR) is 129 cm³/mol. The van der Waals surface area contributed by atoms with Crippen LogP contribution in [-0.4, -0.2) is 57.6 Å². The van der Waals surface area contributed by atoms with Crippen LogP contribution in [0, 0.1) is 5.92 Å². The highest BCUT2D eigenvalue weighted by atomic mass is 32.2. The Balaban J connectivity index is 2.37. The highest BCUT2D eigenvalue weighted by Gasteiger charge is 2.31. The van der Waals surface area contributed by atoms with Gasteiger partial charge in [0, 0.05) is 13.1 Å². The second-order valence-electron chi connectivity index (χ2n) is 8.26. The summed E-state index contributed by atoms with van der Waals surface area (Å²) in [6.07, 6.45) is 1.03. The van der Waals surface area contributed by atoms with Crippen LogP contribution >= 0.6 is 0 Å². The molecule has 2 aromatic carbocycles. The number of carbonyl (C=O) groups excluding carboxylic acids is 2. The second-order valence-corrected chi connectivity index (χ2v) is 10.2. The van der Waals surface area contributed by atoms with E-state index >= 15 is 0 Å². The number of hydrogen-bond acceptors (Lipinski definition) is 5. The van der Waals surface area contributed by atoms with E-state index in [9.17, 15) is 18.0 Å². The first-order chi connectivity index (χ1) is 15.5. The Labute approximate surface area is 196 Å². The van der Waals surface area contributed by atoms with Crippen molar-refractivity contribution >= 4 is 27.5 Å². The van der Waals surface area contributed by atoms with Gasteiger partial charge in [-0.1, -0.05) is 56.3 Å². The van der Waals surface area contributed by atoms with Crippen molar-refractivity contribution in [2.75, 3.05) is 30.8 Å². The molecule has 9 heteroatoms. The zero-order chi connectivity index (χ0) is 24.6. The molecule has 0 aromatic heterocycles. The van der Waals surface area contributed by atoms with Crippen molar-refractivity contribution in [1.82, 2.24) is 10.2 Å². The van der Waals surface area contributed by atoms with E-state index < -0.39 is 28.5 Å². The molecule has 0 aliphatic carbocycles. The van der Waals surface area contributed by atoms with Gasteiger partial charge in [0.1, 0.15) is 18.3 Å². The fourth-order valence-corrected chi connectivity index (χ4v) is 4.10. The molecular formula is C24H33N3O5S. The number of hydrogen-bond donors (Lipinski definition) is 1. The Bertz CT molecular complexity index is 1040. The number of nitrogens with zero attached hydrogens (tertiary/aromatic N) is 2. The number of sulfonamides is 1. The summed E-state index contributed by atoms with van der Waals surface area (Å²) in [5.41, 5.74) is 1.09. The maximum Gasteiger partial charge on any atom is 0.244 e. The van der Waals surface area contributed by atoms with Crippen LogP contribution in [0.3, 0.4) is 0 Å². The molecule has 0 heterocycles. The molecule has 2 rings (SSSR count). The fraction of sp³-hybridized carbons (Fsp3) is 0.417. The lowest BCUT2D eigenvalue weighted by Gasteiger charge is -2.32. The number of anilines is 1. The summed E-state index contributed by atoms with van der Waals surface area (Å²) in [5.74, 6) is -0.211. The van der Waals surface area contributed by atoms with Gasteiger partial charge >= 0.3 is 0 Å². The molecule has 0 fully saturated rings. The quantitative estimate of drug-likeness (QED) is 0.539.